The molecule has 3 aromatic rings. The molecule has 35 heavy (non-hydrogen) atoms. The molecular weight excluding hydrogens is 473 g/mol. The van der Waals surface area contributed by atoms with E-state index in [0.717, 1.165) is 16.1 Å². The van der Waals surface area contributed by atoms with Crippen molar-refractivity contribution in [2.75, 3.05) is 28.2 Å². The Balaban J connectivity index is 1.95. The zero-order chi connectivity index (χ0) is 26.0. The number of hydrogen-bond acceptors (Lipinski definition) is 8. The molecule has 1 amide bonds. The lowest BCUT2D eigenvalue weighted by atomic mass is 10.0. The molecule has 0 spiro atoms. The van der Waals surface area contributed by atoms with Gasteiger partial charge in [0.2, 0.25) is 21.9 Å². The molecular formula is C23H28FN7O3S. The van der Waals surface area contributed by atoms with Gasteiger partial charge in [-0.1, -0.05) is 12.1 Å². The van der Waals surface area contributed by atoms with Gasteiger partial charge in [-0.15, -0.1) is 0 Å². The van der Waals surface area contributed by atoms with Crippen LogP contribution in [0.5, 0.6) is 0 Å². The van der Waals surface area contributed by atoms with Crippen LogP contribution in [0, 0.1) is 6.92 Å². The summed E-state index contributed by atoms with van der Waals surface area (Å²) in [6.45, 7) is 4.74. The number of anilines is 4. The van der Waals surface area contributed by atoms with Crippen LogP contribution in [0.25, 0.3) is 0 Å². The van der Waals surface area contributed by atoms with Crippen molar-refractivity contribution in [2.24, 2.45) is 5.73 Å². The molecule has 3 rings (SSSR count). The van der Waals surface area contributed by atoms with Crippen molar-refractivity contribution in [1.82, 2.24) is 15.0 Å². The highest BCUT2D eigenvalue weighted by Gasteiger charge is 2.25. The number of alkyl halides is 1. The Bertz CT molecular complexity index is 1360. The second-order valence-corrected chi connectivity index (χ2v) is 10.5. The lowest BCUT2D eigenvalue weighted by Crippen LogP contribution is -2.27. The van der Waals surface area contributed by atoms with Crippen LogP contribution in [-0.4, -0.2) is 42.6 Å². The van der Waals surface area contributed by atoms with Gasteiger partial charge in [0.15, 0.2) is 0 Å². The first-order valence-electron chi connectivity index (χ1n) is 10.6. The summed E-state index contributed by atoms with van der Waals surface area (Å²) in [5, 5.41) is 6.13. The molecule has 0 radical (unpaired) electrons. The van der Waals surface area contributed by atoms with E-state index in [1.54, 1.807) is 30.3 Å². The Morgan fingerprint density at radius 3 is 2.57 bits per heavy atom. The molecule has 4 N–H and O–H groups in total. The quantitative estimate of drug-likeness (QED) is 0.405. The van der Waals surface area contributed by atoms with Gasteiger partial charge in [-0.3, -0.25) is 9.10 Å². The van der Waals surface area contributed by atoms with Gasteiger partial charge in [-0.25, -0.2) is 22.8 Å². The fourth-order valence-electron chi connectivity index (χ4n) is 3.23. The van der Waals surface area contributed by atoms with Crippen LogP contribution in [0.2, 0.25) is 0 Å². The number of aromatic nitrogens is 3. The molecule has 2 heterocycles. The third kappa shape index (κ3) is 6.21. The first-order chi connectivity index (χ1) is 16.3. The average molecular weight is 502 g/mol. The third-order valence-corrected chi connectivity index (χ3v) is 6.48. The highest BCUT2D eigenvalue weighted by Crippen LogP contribution is 2.32. The fraction of sp³-hybridized carbons (Fsp3) is 0.304. The van der Waals surface area contributed by atoms with Gasteiger partial charge in [-0.2, -0.15) is 4.98 Å². The Kier molecular flexibility index (Phi) is 7.25. The van der Waals surface area contributed by atoms with E-state index in [1.165, 1.54) is 33.3 Å². The Morgan fingerprint density at radius 1 is 1.23 bits per heavy atom. The van der Waals surface area contributed by atoms with Crippen molar-refractivity contribution in [2.45, 2.75) is 33.0 Å². The van der Waals surface area contributed by atoms with Crippen molar-refractivity contribution < 1.29 is 17.6 Å². The van der Waals surface area contributed by atoms with Crippen LogP contribution in [-0.2, 0) is 22.2 Å². The normalized spacial score (nSPS) is 11.7. The molecule has 12 heteroatoms. The van der Waals surface area contributed by atoms with E-state index in [-0.39, 0.29) is 29.7 Å². The summed E-state index contributed by atoms with van der Waals surface area (Å²) in [7, 11) is -2.12. The van der Waals surface area contributed by atoms with Gasteiger partial charge in [0.05, 0.1) is 6.26 Å². The number of amides is 1. The smallest absolute Gasteiger partial charge is 0.248 e. The zero-order valence-corrected chi connectivity index (χ0v) is 20.9. The SMILES string of the molecule is Cc1ccc(C(N)=O)cc1Nc1ncc(C(C)(C)F)c(NCc2cccnc2N(C)S(C)(=O)=O)n1. The molecule has 0 aliphatic rings. The van der Waals surface area contributed by atoms with Gasteiger partial charge in [0, 0.05) is 48.4 Å². The maximum atomic E-state index is 14.9. The maximum Gasteiger partial charge on any atom is 0.248 e. The number of primary amides is 1. The van der Waals surface area contributed by atoms with Gasteiger partial charge in [0.25, 0.3) is 0 Å². The number of carbonyl (C=O) groups is 1. The first-order valence-corrected chi connectivity index (χ1v) is 12.5. The highest BCUT2D eigenvalue weighted by molar-refractivity contribution is 7.92. The minimum atomic E-state index is -3.53. The molecule has 0 aliphatic heterocycles. The van der Waals surface area contributed by atoms with E-state index in [2.05, 4.69) is 25.6 Å². The lowest BCUT2D eigenvalue weighted by molar-refractivity contribution is 0.1000. The molecule has 10 nitrogen and oxygen atoms in total. The molecule has 0 saturated carbocycles. The average Bonchev–Trinajstić information content (AvgIpc) is 2.77. The summed E-state index contributed by atoms with van der Waals surface area (Å²) in [6, 6.07) is 8.34. The third-order valence-electron chi connectivity index (χ3n) is 5.31. The van der Waals surface area contributed by atoms with Crippen LogP contribution in [0.15, 0.2) is 42.7 Å². The van der Waals surface area contributed by atoms with Crippen molar-refractivity contribution in [3.05, 3.63) is 65.0 Å². The van der Waals surface area contributed by atoms with Crippen molar-refractivity contribution in [3.8, 4) is 0 Å². The van der Waals surface area contributed by atoms with Crippen LogP contribution < -0.4 is 20.7 Å². The molecule has 2 aromatic heterocycles. The first kappa shape index (κ1) is 25.8. The monoisotopic (exact) mass is 501 g/mol. The molecule has 0 bridgehead atoms. The van der Waals surface area contributed by atoms with Crippen LogP contribution >= 0.6 is 0 Å². The van der Waals surface area contributed by atoms with E-state index < -0.39 is 21.6 Å². The minimum Gasteiger partial charge on any atom is -0.366 e. The second-order valence-electron chi connectivity index (χ2n) is 8.52. The number of nitrogens with two attached hydrogens (primary N) is 1. The number of sulfonamides is 1. The number of rotatable bonds is 9. The van der Waals surface area contributed by atoms with E-state index in [4.69, 9.17) is 5.73 Å². The van der Waals surface area contributed by atoms with Crippen LogP contribution in [0.1, 0.15) is 40.9 Å². The predicted octanol–water partition coefficient (Wildman–Crippen LogP) is 3.24. The van der Waals surface area contributed by atoms with Crippen molar-refractivity contribution in [3.63, 3.8) is 0 Å². The molecule has 0 fully saturated rings. The van der Waals surface area contributed by atoms with E-state index in [1.807, 2.05) is 6.92 Å². The second kappa shape index (κ2) is 9.82. The van der Waals surface area contributed by atoms with Crippen molar-refractivity contribution in [1.29, 1.82) is 0 Å². The Morgan fingerprint density at radius 2 is 1.94 bits per heavy atom. The topological polar surface area (TPSA) is 143 Å². The lowest BCUT2D eigenvalue weighted by Gasteiger charge is -2.22. The molecule has 186 valence electrons. The highest BCUT2D eigenvalue weighted by atomic mass is 32.2. The largest absolute Gasteiger partial charge is 0.366 e. The van der Waals surface area contributed by atoms with E-state index >= 15 is 0 Å². The summed E-state index contributed by atoms with van der Waals surface area (Å²) in [5.41, 5.74) is 6.12. The van der Waals surface area contributed by atoms with Crippen LogP contribution in [0.4, 0.5) is 27.7 Å². The summed E-state index contributed by atoms with van der Waals surface area (Å²) in [5.74, 6) is 0.0625. The van der Waals surface area contributed by atoms with Gasteiger partial charge in [0.1, 0.15) is 17.3 Å². The van der Waals surface area contributed by atoms with Crippen molar-refractivity contribution >= 4 is 39.2 Å². The summed E-state index contributed by atoms with van der Waals surface area (Å²) < 4.78 is 40.0. The minimum absolute atomic E-state index is 0.124. The van der Waals surface area contributed by atoms with E-state index in [0.29, 0.717) is 16.8 Å². The Hall–Kier alpha value is -3.80. The molecule has 0 aliphatic carbocycles. The molecule has 0 atom stereocenters. The van der Waals surface area contributed by atoms with E-state index in [9.17, 15) is 17.6 Å². The van der Waals surface area contributed by atoms with Gasteiger partial charge in [-0.05, 0) is 44.5 Å². The fourth-order valence-corrected chi connectivity index (χ4v) is 3.71. The zero-order valence-electron chi connectivity index (χ0n) is 20.1. The number of aryl methyl sites for hydroxylation is 1. The van der Waals surface area contributed by atoms with Gasteiger partial charge < -0.3 is 16.4 Å². The molecule has 1 aromatic carbocycles. The van der Waals surface area contributed by atoms with Gasteiger partial charge >= 0.3 is 0 Å². The number of halogens is 1. The molecule has 0 saturated heterocycles. The predicted molar refractivity (Wildman–Crippen MR) is 134 cm³/mol. The standard InChI is InChI=1S/C23H28FN7O3S/c1-14-8-9-15(19(25)32)11-18(14)29-22-28-13-17(23(2,3)24)20(30-22)27-12-16-7-6-10-26-21(16)31(4)35(5,33)34/h6-11,13H,12H2,1-5H3,(H2,25,32)(H2,27,28,29,30). The summed E-state index contributed by atoms with van der Waals surface area (Å²) in [6.07, 6.45) is 3.95. The number of pyridine rings is 1. The number of benzene rings is 1. The Labute approximate surface area is 203 Å². The number of carbonyl (C=O) groups excluding carboxylic acids is 1. The number of nitrogens with zero attached hydrogens (tertiary/aromatic N) is 4. The van der Waals surface area contributed by atoms with Crippen LogP contribution in [0.3, 0.4) is 0 Å². The number of nitrogens with one attached hydrogen (secondary N) is 2. The summed E-state index contributed by atoms with van der Waals surface area (Å²) >= 11 is 0. The maximum absolute atomic E-state index is 14.9. The number of hydrogen-bond donors (Lipinski definition) is 3. The molecule has 0 unspecified atom stereocenters. The summed E-state index contributed by atoms with van der Waals surface area (Å²) in [4.78, 5) is 24.4.